The molecule has 0 atom stereocenters. The van der Waals surface area contributed by atoms with E-state index >= 15 is 0 Å². The summed E-state index contributed by atoms with van der Waals surface area (Å²) < 4.78 is 4.56. The van der Waals surface area contributed by atoms with Crippen LogP contribution in [0, 0.1) is 5.92 Å². The topological polar surface area (TPSA) is 41.0 Å². The minimum absolute atomic E-state index is 0.0430. The van der Waals surface area contributed by atoms with Crippen molar-refractivity contribution in [3.8, 4) is 0 Å². The van der Waals surface area contributed by atoms with Gasteiger partial charge in [-0.15, -0.1) is 0 Å². The van der Waals surface area contributed by atoms with Gasteiger partial charge in [0, 0.05) is 30.0 Å². The van der Waals surface area contributed by atoms with Gasteiger partial charge >= 0.3 is 0 Å². The first-order chi connectivity index (χ1) is 9.50. The highest BCUT2D eigenvalue weighted by Crippen LogP contribution is 2.27. The molecular weight excluding hydrogens is 268 g/mol. The fourth-order valence-electron chi connectivity index (χ4n) is 2.56. The summed E-state index contributed by atoms with van der Waals surface area (Å²) in [4.78, 5) is 7.23. The van der Waals surface area contributed by atoms with Crippen LogP contribution in [0.5, 0.6) is 0 Å². The third kappa shape index (κ3) is 4.16. The van der Waals surface area contributed by atoms with Crippen LogP contribution in [-0.4, -0.2) is 35.5 Å². The van der Waals surface area contributed by atoms with Crippen molar-refractivity contribution in [2.24, 2.45) is 5.92 Å². The van der Waals surface area contributed by atoms with Crippen molar-refractivity contribution in [2.75, 3.05) is 31.1 Å². The van der Waals surface area contributed by atoms with Crippen LogP contribution in [0.1, 0.15) is 52.8 Å². The first-order valence-corrected chi connectivity index (χ1v) is 8.58. The van der Waals surface area contributed by atoms with Crippen LogP contribution >= 0.6 is 11.5 Å². The van der Waals surface area contributed by atoms with Crippen LogP contribution in [0.15, 0.2) is 0 Å². The molecule has 2 heterocycles. The molecule has 2 rings (SSSR count). The number of nitrogens with zero attached hydrogens (tertiary/aromatic N) is 3. The maximum Gasteiger partial charge on any atom is 0.205 e. The highest BCUT2D eigenvalue weighted by Gasteiger charge is 2.23. The van der Waals surface area contributed by atoms with E-state index in [2.05, 4.69) is 42.3 Å². The second-order valence-electron chi connectivity index (χ2n) is 6.79. The number of piperidine rings is 1. The SMILES string of the molecule is CCCN(CC1CCNCC1)c1nc(C(C)(C)C)ns1. The van der Waals surface area contributed by atoms with Gasteiger partial charge in [0.1, 0.15) is 5.82 Å². The van der Waals surface area contributed by atoms with Crippen LogP contribution < -0.4 is 10.2 Å². The van der Waals surface area contributed by atoms with Crippen molar-refractivity contribution in [1.82, 2.24) is 14.7 Å². The molecule has 0 bridgehead atoms. The molecule has 0 radical (unpaired) electrons. The zero-order valence-electron chi connectivity index (χ0n) is 13.3. The molecule has 114 valence electrons. The fraction of sp³-hybridized carbons (Fsp3) is 0.867. The van der Waals surface area contributed by atoms with Crippen LogP contribution in [0.2, 0.25) is 0 Å². The molecule has 0 amide bonds. The summed E-state index contributed by atoms with van der Waals surface area (Å²) in [6.07, 6.45) is 3.73. The lowest BCUT2D eigenvalue weighted by molar-refractivity contribution is 0.373. The molecule has 20 heavy (non-hydrogen) atoms. The van der Waals surface area contributed by atoms with Crippen molar-refractivity contribution in [1.29, 1.82) is 0 Å². The average Bonchev–Trinajstić information content (AvgIpc) is 2.89. The van der Waals surface area contributed by atoms with Crippen molar-refractivity contribution < 1.29 is 0 Å². The van der Waals surface area contributed by atoms with E-state index in [0.29, 0.717) is 0 Å². The second-order valence-corrected chi connectivity index (χ2v) is 7.52. The summed E-state index contributed by atoms with van der Waals surface area (Å²) in [5.41, 5.74) is 0.0430. The standard InChI is InChI=1S/C15H28N4S/c1-5-10-19(11-12-6-8-16-9-7-12)14-17-13(18-20-14)15(2,3)4/h12,16H,5-11H2,1-4H3. The van der Waals surface area contributed by atoms with Crippen molar-refractivity contribution >= 4 is 16.7 Å². The summed E-state index contributed by atoms with van der Waals surface area (Å²) >= 11 is 1.56. The minimum Gasteiger partial charge on any atom is -0.347 e. The summed E-state index contributed by atoms with van der Waals surface area (Å²) in [7, 11) is 0. The molecule has 1 aromatic heterocycles. The normalized spacial score (nSPS) is 17.4. The minimum atomic E-state index is 0.0430. The van der Waals surface area contributed by atoms with Gasteiger partial charge in [0.05, 0.1) is 0 Å². The quantitative estimate of drug-likeness (QED) is 0.906. The van der Waals surface area contributed by atoms with E-state index in [9.17, 15) is 0 Å². The fourth-order valence-corrected chi connectivity index (χ4v) is 3.45. The molecule has 0 spiro atoms. The Morgan fingerprint density at radius 1 is 1.30 bits per heavy atom. The average molecular weight is 296 g/mol. The maximum absolute atomic E-state index is 4.78. The molecule has 5 heteroatoms. The molecule has 4 nitrogen and oxygen atoms in total. The Kier molecular flexibility index (Phi) is 5.38. The second kappa shape index (κ2) is 6.85. The number of aromatic nitrogens is 2. The van der Waals surface area contributed by atoms with Gasteiger partial charge in [-0.3, -0.25) is 0 Å². The van der Waals surface area contributed by atoms with Gasteiger partial charge in [-0.05, 0) is 38.3 Å². The predicted octanol–water partition coefficient (Wildman–Crippen LogP) is 3.05. The summed E-state index contributed by atoms with van der Waals surface area (Å²) in [5.74, 6) is 1.77. The van der Waals surface area contributed by atoms with E-state index in [1.54, 1.807) is 11.5 Å². The monoisotopic (exact) mass is 296 g/mol. The lowest BCUT2D eigenvalue weighted by Gasteiger charge is -2.29. The van der Waals surface area contributed by atoms with Gasteiger partial charge in [0.15, 0.2) is 0 Å². The molecular formula is C15H28N4S. The van der Waals surface area contributed by atoms with Gasteiger partial charge in [-0.25, -0.2) is 4.98 Å². The molecule has 0 saturated carbocycles. The third-order valence-electron chi connectivity index (χ3n) is 3.79. The van der Waals surface area contributed by atoms with E-state index in [-0.39, 0.29) is 5.41 Å². The zero-order valence-corrected chi connectivity index (χ0v) is 14.1. The van der Waals surface area contributed by atoms with Crippen LogP contribution in [0.25, 0.3) is 0 Å². The van der Waals surface area contributed by atoms with Crippen molar-refractivity contribution in [3.05, 3.63) is 5.82 Å². The Bertz CT molecular complexity index is 404. The lowest BCUT2D eigenvalue weighted by atomic mass is 9.96. The Hall–Kier alpha value is -0.680. The lowest BCUT2D eigenvalue weighted by Crippen LogP contribution is -2.36. The van der Waals surface area contributed by atoms with Crippen molar-refractivity contribution in [3.63, 3.8) is 0 Å². The first-order valence-electron chi connectivity index (χ1n) is 7.80. The number of hydrogen-bond donors (Lipinski definition) is 1. The largest absolute Gasteiger partial charge is 0.347 e. The molecule has 1 aliphatic heterocycles. The van der Waals surface area contributed by atoms with Crippen LogP contribution in [0.4, 0.5) is 5.13 Å². The van der Waals surface area contributed by atoms with Crippen LogP contribution in [0.3, 0.4) is 0 Å². The summed E-state index contributed by atoms with van der Waals surface area (Å²) in [5, 5.41) is 4.55. The Morgan fingerprint density at radius 2 is 2.00 bits per heavy atom. The maximum atomic E-state index is 4.78. The molecule has 1 aromatic rings. The van der Waals surface area contributed by atoms with E-state index in [4.69, 9.17) is 4.98 Å². The number of rotatable bonds is 5. The van der Waals surface area contributed by atoms with E-state index in [1.807, 2.05) is 0 Å². The number of hydrogen-bond acceptors (Lipinski definition) is 5. The molecule has 1 N–H and O–H groups in total. The van der Waals surface area contributed by atoms with Crippen LogP contribution in [-0.2, 0) is 5.41 Å². The Balaban J connectivity index is 2.05. The number of nitrogens with one attached hydrogen (secondary N) is 1. The molecule has 0 unspecified atom stereocenters. The summed E-state index contributed by atoms with van der Waals surface area (Å²) in [6, 6.07) is 0. The predicted molar refractivity (Wildman–Crippen MR) is 86.7 cm³/mol. The molecule has 1 saturated heterocycles. The van der Waals surface area contributed by atoms with E-state index in [1.165, 1.54) is 12.8 Å². The highest BCUT2D eigenvalue weighted by atomic mass is 32.1. The number of anilines is 1. The molecule has 1 fully saturated rings. The highest BCUT2D eigenvalue weighted by molar-refractivity contribution is 7.09. The van der Waals surface area contributed by atoms with Crippen molar-refractivity contribution in [2.45, 2.75) is 52.4 Å². The van der Waals surface area contributed by atoms with Gasteiger partial charge in [0.25, 0.3) is 0 Å². The van der Waals surface area contributed by atoms with Gasteiger partial charge in [-0.1, -0.05) is 27.7 Å². The van der Waals surface area contributed by atoms with E-state index in [0.717, 1.165) is 49.5 Å². The van der Waals surface area contributed by atoms with Gasteiger partial charge in [-0.2, -0.15) is 4.37 Å². The Morgan fingerprint density at radius 3 is 2.55 bits per heavy atom. The molecule has 0 aromatic carbocycles. The summed E-state index contributed by atoms with van der Waals surface area (Å²) in [6.45, 7) is 13.3. The molecule has 0 aliphatic carbocycles. The smallest absolute Gasteiger partial charge is 0.205 e. The Labute approximate surface area is 127 Å². The third-order valence-corrected chi connectivity index (χ3v) is 4.56. The zero-order chi connectivity index (χ0) is 14.6. The molecule has 1 aliphatic rings. The first kappa shape index (κ1) is 15.7. The van der Waals surface area contributed by atoms with Gasteiger partial charge < -0.3 is 10.2 Å². The van der Waals surface area contributed by atoms with E-state index < -0.39 is 0 Å². The van der Waals surface area contributed by atoms with Gasteiger partial charge in [0.2, 0.25) is 5.13 Å².